The first kappa shape index (κ1) is 18.0. The fourth-order valence-electron chi connectivity index (χ4n) is 1.49. The summed E-state index contributed by atoms with van der Waals surface area (Å²) in [5.41, 5.74) is 3.31. The Morgan fingerprint density at radius 1 is 1.32 bits per heavy atom. The van der Waals surface area contributed by atoms with E-state index in [2.05, 4.69) is 25.7 Å². The number of hydrogen-bond donors (Lipinski definition) is 1. The molecule has 0 saturated carbocycles. The van der Waals surface area contributed by atoms with Crippen LogP contribution in [0.4, 0.5) is 5.82 Å². The van der Waals surface area contributed by atoms with Gasteiger partial charge >= 0.3 is 0 Å². The van der Waals surface area contributed by atoms with Gasteiger partial charge in [-0.05, 0) is 19.1 Å². The summed E-state index contributed by atoms with van der Waals surface area (Å²) in [6.07, 6.45) is 3.90. The third-order valence-electron chi connectivity index (χ3n) is 2.54. The van der Waals surface area contributed by atoms with Gasteiger partial charge in [-0.2, -0.15) is 22.0 Å². The van der Waals surface area contributed by atoms with Crippen LogP contribution < -0.4 is 5.43 Å². The molecule has 7 nitrogen and oxygen atoms in total. The predicted molar refractivity (Wildman–Crippen MR) is 88.7 cm³/mol. The van der Waals surface area contributed by atoms with Crippen molar-refractivity contribution in [3.05, 3.63) is 23.9 Å². The average Bonchev–Trinajstić information content (AvgIpc) is 2.53. The highest BCUT2D eigenvalue weighted by molar-refractivity contribution is 7.99. The molecule has 0 aliphatic carbocycles. The van der Waals surface area contributed by atoms with Crippen LogP contribution in [-0.4, -0.2) is 41.4 Å². The Kier molecular flexibility index (Phi) is 8.66. The molecular formula is C14H19N5O2S. The molecule has 0 aliphatic rings. The number of rotatable bonds is 9. The summed E-state index contributed by atoms with van der Waals surface area (Å²) < 4.78 is 0. The van der Waals surface area contributed by atoms with E-state index >= 15 is 0 Å². The van der Waals surface area contributed by atoms with Crippen molar-refractivity contribution >= 4 is 35.5 Å². The molecule has 0 bridgehead atoms. The number of Topliss-reactive ketones (excluding diaryl/α,β-unsaturated/α-hetero) is 1. The van der Waals surface area contributed by atoms with Gasteiger partial charge in [-0.1, -0.05) is 0 Å². The maximum atomic E-state index is 12.0. The van der Waals surface area contributed by atoms with Crippen molar-refractivity contribution in [2.75, 3.05) is 24.0 Å². The molecule has 0 aromatic carbocycles. The normalized spacial score (nSPS) is 11.2. The van der Waals surface area contributed by atoms with Gasteiger partial charge in [-0.15, -0.1) is 5.11 Å². The lowest BCUT2D eigenvalue weighted by molar-refractivity contribution is -0.117. The first-order chi connectivity index (χ1) is 10.7. The smallest absolute Gasteiger partial charge is 0.265 e. The largest absolute Gasteiger partial charge is 0.294 e. The molecule has 118 valence electrons. The first-order valence-corrected chi connectivity index (χ1v) is 7.96. The summed E-state index contributed by atoms with van der Waals surface area (Å²) in [6.45, 7) is 1.79. The molecule has 1 rings (SSSR count). The van der Waals surface area contributed by atoms with Gasteiger partial charge in [0.15, 0.2) is 5.78 Å². The van der Waals surface area contributed by atoms with E-state index in [9.17, 15) is 9.59 Å². The van der Waals surface area contributed by atoms with E-state index in [0.29, 0.717) is 35.7 Å². The Morgan fingerprint density at radius 3 is 2.73 bits per heavy atom. The van der Waals surface area contributed by atoms with E-state index in [1.807, 2.05) is 0 Å². The number of carbonyl (C=O) groups is 2. The summed E-state index contributed by atoms with van der Waals surface area (Å²) in [5, 5.41) is 10.7. The van der Waals surface area contributed by atoms with Crippen LogP contribution in [0, 0.1) is 0 Å². The van der Waals surface area contributed by atoms with Crippen molar-refractivity contribution in [1.29, 1.82) is 0 Å². The molecule has 8 heteroatoms. The van der Waals surface area contributed by atoms with Gasteiger partial charge in [-0.25, -0.2) is 4.98 Å². The molecule has 22 heavy (non-hydrogen) atoms. The number of carbonyl (C=O) groups excluding carboxylic acids is 2. The monoisotopic (exact) mass is 321 g/mol. The molecule has 1 heterocycles. The third kappa shape index (κ3) is 7.07. The number of thioether (sulfide) groups is 1. The number of anilines is 1. The molecule has 0 radical (unpaired) electrons. The molecule has 0 aliphatic heterocycles. The van der Waals surface area contributed by atoms with Crippen molar-refractivity contribution in [2.45, 2.75) is 19.8 Å². The average molecular weight is 321 g/mol. The highest BCUT2D eigenvalue weighted by Gasteiger charge is 2.07. The number of aromatic nitrogens is 1. The van der Waals surface area contributed by atoms with Gasteiger partial charge in [0.2, 0.25) is 0 Å². The molecule has 1 N–H and O–H groups in total. The lowest BCUT2D eigenvalue weighted by Gasteiger charge is -2.02. The third-order valence-corrected chi connectivity index (χ3v) is 3.52. The quantitative estimate of drug-likeness (QED) is 0.248. The summed E-state index contributed by atoms with van der Waals surface area (Å²) >= 11 is 1.55. The molecule has 0 saturated heterocycles. The maximum Gasteiger partial charge on any atom is 0.265 e. The highest BCUT2D eigenvalue weighted by atomic mass is 32.2. The second-order valence-electron chi connectivity index (χ2n) is 4.16. The minimum Gasteiger partial charge on any atom is -0.294 e. The van der Waals surface area contributed by atoms with Gasteiger partial charge in [0.05, 0.1) is 0 Å². The number of azo groups is 1. The van der Waals surface area contributed by atoms with Crippen molar-refractivity contribution in [2.24, 2.45) is 15.3 Å². The maximum absolute atomic E-state index is 12.0. The highest BCUT2D eigenvalue weighted by Crippen LogP contribution is 2.11. The van der Waals surface area contributed by atoms with Crippen molar-refractivity contribution in [1.82, 2.24) is 4.98 Å². The minimum atomic E-state index is -0.233. The van der Waals surface area contributed by atoms with Crippen molar-refractivity contribution < 1.29 is 9.59 Å². The Labute approximate surface area is 133 Å². The zero-order chi connectivity index (χ0) is 16.2. The van der Waals surface area contributed by atoms with Gasteiger partial charge < -0.3 is 0 Å². The number of nitrogens with one attached hydrogen (secondary N) is 1. The Hall–Kier alpha value is -2.09. The summed E-state index contributed by atoms with van der Waals surface area (Å²) in [7, 11) is 1.47. The topological polar surface area (TPSA) is 96.1 Å². The first-order valence-electron chi connectivity index (χ1n) is 6.80. The molecule has 1 aromatic rings. The van der Waals surface area contributed by atoms with Crippen LogP contribution in [0.1, 0.15) is 30.1 Å². The van der Waals surface area contributed by atoms with Crippen molar-refractivity contribution in [3.8, 4) is 0 Å². The lowest BCUT2D eigenvalue weighted by atomic mass is 10.1. The van der Waals surface area contributed by atoms with Crippen LogP contribution in [0.25, 0.3) is 0 Å². The summed E-state index contributed by atoms with van der Waals surface area (Å²) in [5.74, 6) is 1.69. The van der Waals surface area contributed by atoms with Crippen LogP contribution in [0.3, 0.4) is 0 Å². The molecule has 0 unspecified atom stereocenters. The zero-order valence-electron chi connectivity index (χ0n) is 12.7. The van der Waals surface area contributed by atoms with Crippen LogP contribution in [0.15, 0.2) is 33.7 Å². The number of amides is 1. The van der Waals surface area contributed by atoms with Crippen LogP contribution in [0.5, 0.6) is 0 Å². The van der Waals surface area contributed by atoms with Crippen LogP contribution in [-0.2, 0) is 4.79 Å². The SMILES string of the molecule is C/C=N/Nc1ccc(C(=O)CCSCCC(=O)N=NC)cn1. The van der Waals surface area contributed by atoms with E-state index < -0.39 is 0 Å². The minimum absolute atomic E-state index is 0.0325. The second kappa shape index (κ2) is 10.6. The van der Waals surface area contributed by atoms with E-state index in [1.165, 1.54) is 13.2 Å². The van der Waals surface area contributed by atoms with Gasteiger partial charge in [-0.3, -0.25) is 15.0 Å². The Morgan fingerprint density at radius 2 is 2.09 bits per heavy atom. The number of ketones is 1. The standard InChI is InChI=1S/C14H19N5O2S/c1-3-17-18-13-5-4-11(10-16-13)12(20)6-8-22-9-7-14(21)19-15-2/h3-5,10H,6-9H2,1-2H3,(H,16,18)/b17-3+,19-15?. The summed E-state index contributed by atoms with van der Waals surface area (Å²) in [4.78, 5) is 27.2. The van der Waals surface area contributed by atoms with Gasteiger partial charge in [0.1, 0.15) is 5.82 Å². The Balaban J connectivity index is 2.29. The predicted octanol–water partition coefficient (Wildman–Crippen LogP) is 2.80. The van der Waals surface area contributed by atoms with E-state index in [4.69, 9.17) is 0 Å². The van der Waals surface area contributed by atoms with Crippen LogP contribution >= 0.6 is 11.8 Å². The Bertz CT molecular complexity index is 543. The number of hydrogen-bond acceptors (Lipinski definition) is 7. The van der Waals surface area contributed by atoms with E-state index in [-0.39, 0.29) is 11.7 Å². The molecule has 0 spiro atoms. The second-order valence-corrected chi connectivity index (χ2v) is 5.39. The molecular weight excluding hydrogens is 302 g/mol. The van der Waals surface area contributed by atoms with Gasteiger partial charge in [0.25, 0.3) is 5.91 Å². The van der Waals surface area contributed by atoms with Gasteiger partial charge in [0, 0.05) is 49.4 Å². The number of nitrogens with zero attached hydrogens (tertiary/aromatic N) is 4. The number of hydrazone groups is 1. The fourth-order valence-corrected chi connectivity index (χ4v) is 2.34. The fraction of sp³-hybridized carbons (Fsp3) is 0.429. The molecule has 1 aromatic heterocycles. The van der Waals surface area contributed by atoms with Crippen LogP contribution in [0.2, 0.25) is 0 Å². The molecule has 0 fully saturated rings. The molecule has 0 atom stereocenters. The zero-order valence-corrected chi connectivity index (χ0v) is 13.5. The van der Waals surface area contributed by atoms with E-state index in [1.54, 1.807) is 37.0 Å². The van der Waals surface area contributed by atoms with E-state index in [0.717, 1.165) is 0 Å². The van der Waals surface area contributed by atoms with Crippen molar-refractivity contribution in [3.63, 3.8) is 0 Å². The summed E-state index contributed by atoms with van der Waals surface area (Å²) in [6, 6.07) is 3.43. The number of pyridine rings is 1. The molecule has 1 amide bonds. The lowest BCUT2D eigenvalue weighted by Crippen LogP contribution is -2.03.